The predicted molar refractivity (Wildman–Crippen MR) is 153 cm³/mol. The van der Waals surface area contributed by atoms with E-state index in [4.69, 9.17) is 9.47 Å². The number of aliphatic hydroxyl groups is 2. The number of Topliss-reactive ketones (excluding diaryl/α,β-unsaturated/α-hetero) is 1. The summed E-state index contributed by atoms with van der Waals surface area (Å²) in [5.41, 5.74) is 0.325. The number of benzene rings is 2. The Morgan fingerprint density at radius 1 is 0.750 bits per heavy atom. The van der Waals surface area contributed by atoms with Gasteiger partial charge < -0.3 is 39.7 Å². The number of nitrogens with zero attached hydrogens (tertiary/aromatic N) is 2. The summed E-state index contributed by atoms with van der Waals surface area (Å²) in [7, 11) is 0. The first kappa shape index (κ1) is 29.9. The van der Waals surface area contributed by atoms with E-state index in [0.29, 0.717) is 24.4 Å². The topological polar surface area (TPSA) is 123 Å². The first-order chi connectivity index (χ1) is 19.3. The molecule has 4 rings (SSSR count). The minimum absolute atomic E-state index is 0.000908. The number of hydrogen-bond acceptors (Lipinski definition) is 9. The van der Waals surface area contributed by atoms with Gasteiger partial charge in [-0.1, -0.05) is 31.6 Å². The summed E-state index contributed by atoms with van der Waals surface area (Å²) in [6, 6.07) is 9.21. The van der Waals surface area contributed by atoms with Crippen LogP contribution in [0.2, 0.25) is 0 Å². The summed E-state index contributed by atoms with van der Waals surface area (Å²) in [5, 5.41) is 41.7. The van der Waals surface area contributed by atoms with Gasteiger partial charge in [-0.3, -0.25) is 4.79 Å². The zero-order valence-corrected chi connectivity index (χ0v) is 23.1. The number of hydrogen-bond donors (Lipinski definition) is 4. The lowest BCUT2D eigenvalue weighted by molar-refractivity contribution is 0.0615. The van der Waals surface area contributed by atoms with Crippen molar-refractivity contribution >= 4 is 11.4 Å². The molecule has 0 radical (unpaired) electrons. The third-order valence-corrected chi connectivity index (χ3v) is 7.49. The lowest BCUT2D eigenvalue weighted by Gasteiger charge is -2.28. The Kier molecular flexibility index (Phi) is 10.8. The highest BCUT2D eigenvalue weighted by Crippen LogP contribution is 2.36. The number of allylic oxidation sites excluding steroid dienone is 1. The average Bonchev–Trinajstić information content (AvgIpc) is 2.95. The molecule has 2 aliphatic heterocycles. The summed E-state index contributed by atoms with van der Waals surface area (Å²) < 4.78 is 11.3. The summed E-state index contributed by atoms with van der Waals surface area (Å²) in [6.07, 6.45) is 5.71. The van der Waals surface area contributed by atoms with E-state index in [2.05, 4.69) is 16.4 Å². The lowest BCUT2D eigenvalue weighted by atomic mass is 9.96. The van der Waals surface area contributed by atoms with Crippen molar-refractivity contribution in [2.75, 3.05) is 52.5 Å². The van der Waals surface area contributed by atoms with E-state index in [1.165, 1.54) is 25.0 Å². The molecule has 9 nitrogen and oxygen atoms in total. The average molecular weight is 555 g/mol. The van der Waals surface area contributed by atoms with Gasteiger partial charge in [-0.05, 0) is 69.6 Å². The van der Waals surface area contributed by atoms with Crippen LogP contribution in [0.5, 0.6) is 23.0 Å². The SMILES string of the molecule is C=C(C(=O)c1c(O)cc(OCC(O)CN2CCCCC2)cc1O)c1ccc(OCC(O)CN2CCCCC2)cc1. The Hall–Kier alpha value is -3.11. The Balaban J connectivity index is 1.29. The van der Waals surface area contributed by atoms with Gasteiger partial charge in [0.2, 0.25) is 5.78 Å². The van der Waals surface area contributed by atoms with E-state index in [1.54, 1.807) is 24.3 Å². The van der Waals surface area contributed by atoms with Crippen LogP contribution in [0.25, 0.3) is 5.57 Å². The quantitative estimate of drug-likeness (QED) is 0.218. The molecule has 0 aromatic heterocycles. The normalized spacial score (nSPS) is 18.1. The van der Waals surface area contributed by atoms with Crippen LogP contribution in [-0.2, 0) is 0 Å². The van der Waals surface area contributed by atoms with Gasteiger partial charge in [0, 0.05) is 30.8 Å². The fraction of sp³-hybridized carbons (Fsp3) is 0.516. The van der Waals surface area contributed by atoms with Crippen molar-refractivity contribution in [2.45, 2.75) is 50.7 Å². The number of aromatic hydroxyl groups is 2. The molecule has 0 spiro atoms. The Morgan fingerprint density at radius 2 is 1.20 bits per heavy atom. The second kappa shape index (κ2) is 14.5. The van der Waals surface area contributed by atoms with Crippen LogP contribution < -0.4 is 9.47 Å². The number of phenolic OH excluding ortho intramolecular Hbond substituents is 2. The molecule has 2 aromatic rings. The first-order valence-electron chi connectivity index (χ1n) is 14.3. The van der Waals surface area contributed by atoms with E-state index in [-0.39, 0.29) is 30.1 Å². The Labute approximate surface area is 236 Å². The van der Waals surface area contributed by atoms with Crippen LogP contribution in [0.3, 0.4) is 0 Å². The van der Waals surface area contributed by atoms with Crippen LogP contribution in [0.1, 0.15) is 54.4 Å². The molecular weight excluding hydrogens is 512 g/mol. The van der Waals surface area contributed by atoms with Crippen LogP contribution in [0.4, 0.5) is 0 Å². The maximum atomic E-state index is 13.1. The molecule has 2 unspecified atom stereocenters. The number of ketones is 1. The zero-order chi connectivity index (χ0) is 28.5. The van der Waals surface area contributed by atoms with Gasteiger partial charge in [0.25, 0.3) is 0 Å². The molecule has 2 fully saturated rings. The van der Waals surface area contributed by atoms with Crippen LogP contribution >= 0.6 is 0 Å². The number of carbonyl (C=O) groups excluding carboxylic acids is 1. The zero-order valence-electron chi connectivity index (χ0n) is 23.1. The lowest BCUT2D eigenvalue weighted by Crippen LogP contribution is -2.38. The van der Waals surface area contributed by atoms with Crippen LogP contribution in [-0.4, -0.2) is 101 Å². The minimum Gasteiger partial charge on any atom is -0.507 e. The number of likely N-dealkylation sites (tertiary alicyclic amines) is 2. The van der Waals surface area contributed by atoms with Gasteiger partial charge >= 0.3 is 0 Å². The van der Waals surface area contributed by atoms with Crippen molar-refractivity contribution in [1.29, 1.82) is 0 Å². The molecule has 2 aromatic carbocycles. The number of phenols is 2. The van der Waals surface area contributed by atoms with E-state index in [9.17, 15) is 25.2 Å². The molecule has 4 N–H and O–H groups in total. The molecule has 0 saturated carbocycles. The van der Waals surface area contributed by atoms with Crippen molar-refractivity contribution in [2.24, 2.45) is 0 Å². The van der Waals surface area contributed by atoms with Gasteiger partial charge in [-0.15, -0.1) is 0 Å². The fourth-order valence-electron chi connectivity index (χ4n) is 5.31. The van der Waals surface area contributed by atoms with E-state index in [0.717, 1.165) is 51.9 Å². The number of β-amino-alcohol motifs (C(OH)–C–C–N with tert-alkyl or cyclic N) is 2. The second-order valence-corrected chi connectivity index (χ2v) is 10.8. The van der Waals surface area contributed by atoms with Crippen LogP contribution in [0.15, 0.2) is 43.0 Å². The highest BCUT2D eigenvalue weighted by atomic mass is 16.5. The molecule has 2 aliphatic rings. The van der Waals surface area contributed by atoms with E-state index in [1.807, 2.05) is 0 Å². The third kappa shape index (κ3) is 8.44. The maximum Gasteiger partial charge on any atom is 0.200 e. The molecule has 40 heavy (non-hydrogen) atoms. The first-order valence-corrected chi connectivity index (χ1v) is 14.3. The summed E-state index contributed by atoms with van der Waals surface area (Å²) >= 11 is 0. The Morgan fingerprint density at radius 3 is 1.68 bits per heavy atom. The number of piperidine rings is 2. The maximum absolute atomic E-state index is 13.1. The smallest absolute Gasteiger partial charge is 0.200 e. The Bertz CT molecular complexity index is 1100. The molecule has 9 heteroatoms. The third-order valence-electron chi connectivity index (χ3n) is 7.49. The number of rotatable bonds is 13. The fourth-order valence-corrected chi connectivity index (χ4v) is 5.31. The van der Waals surface area contributed by atoms with Gasteiger partial charge in [0.1, 0.15) is 54.0 Å². The van der Waals surface area contributed by atoms with Crippen molar-refractivity contribution in [3.63, 3.8) is 0 Å². The summed E-state index contributed by atoms with van der Waals surface area (Å²) in [6.45, 7) is 9.03. The van der Waals surface area contributed by atoms with Gasteiger partial charge in [0.05, 0.1) is 0 Å². The number of carbonyl (C=O) groups is 1. The molecular formula is C31H42N2O7. The summed E-state index contributed by atoms with van der Waals surface area (Å²) in [4.78, 5) is 17.5. The second-order valence-electron chi connectivity index (χ2n) is 10.8. The van der Waals surface area contributed by atoms with Gasteiger partial charge in [-0.2, -0.15) is 0 Å². The number of aliphatic hydroxyl groups excluding tert-OH is 2. The molecule has 2 atom stereocenters. The largest absolute Gasteiger partial charge is 0.507 e. The highest BCUT2D eigenvalue weighted by Gasteiger charge is 2.23. The molecule has 0 amide bonds. The van der Waals surface area contributed by atoms with Crippen molar-refractivity contribution in [3.8, 4) is 23.0 Å². The highest BCUT2D eigenvalue weighted by molar-refractivity contribution is 6.30. The van der Waals surface area contributed by atoms with Crippen molar-refractivity contribution in [3.05, 3.63) is 54.1 Å². The van der Waals surface area contributed by atoms with E-state index < -0.39 is 29.5 Å². The van der Waals surface area contributed by atoms with Crippen molar-refractivity contribution < 1.29 is 34.7 Å². The molecule has 2 saturated heterocycles. The number of ether oxygens (including phenoxy) is 2. The predicted octanol–water partition coefficient (Wildman–Crippen LogP) is 3.45. The van der Waals surface area contributed by atoms with Gasteiger partial charge in [0.15, 0.2) is 0 Å². The van der Waals surface area contributed by atoms with Crippen LogP contribution in [0, 0.1) is 0 Å². The van der Waals surface area contributed by atoms with Crippen molar-refractivity contribution in [1.82, 2.24) is 9.80 Å². The monoisotopic (exact) mass is 554 g/mol. The van der Waals surface area contributed by atoms with Gasteiger partial charge in [-0.25, -0.2) is 0 Å². The molecule has 0 aliphatic carbocycles. The molecule has 218 valence electrons. The summed E-state index contributed by atoms with van der Waals surface area (Å²) in [5.74, 6) is -0.795. The standard InChI is InChI=1S/C31H42N2O7/c1-22(23-8-10-26(11-9-23)39-20-24(34)18-32-12-4-2-5-13-32)31(38)30-28(36)16-27(17-29(30)37)40-21-25(35)19-33-14-6-3-7-15-33/h8-11,16-17,24-25,34-37H,1-7,12-15,18-21H2. The van der Waals surface area contributed by atoms with E-state index >= 15 is 0 Å². The molecule has 0 bridgehead atoms. The molecule has 2 heterocycles. The minimum atomic E-state index is -0.714.